The van der Waals surface area contributed by atoms with E-state index in [2.05, 4.69) is 52.0 Å². The number of ether oxygens (including phenoxy) is 3. The third-order valence-electron chi connectivity index (χ3n) is 5.67. The molecule has 0 aromatic heterocycles. The highest BCUT2D eigenvalue weighted by atomic mass is 16.7. The molecule has 0 bridgehead atoms. The summed E-state index contributed by atoms with van der Waals surface area (Å²) in [6, 6.07) is 12.4. The lowest BCUT2D eigenvalue weighted by Crippen LogP contribution is -2.40. The standard InChI is InChI=1S/C25H32O4/c1-16-10-8-11-17(2)22(16)25(28-20(5)26,14-21-15-27-24(6,7)29-21)23-18(3)12-9-13-19(23)4/h8-13,21H,14-15H2,1-7H3. The quantitative estimate of drug-likeness (QED) is 0.646. The Hall–Kier alpha value is -2.17. The highest BCUT2D eigenvalue weighted by Gasteiger charge is 2.47. The molecule has 3 rings (SSSR count). The van der Waals surface area contributed by atoms with Gasteiger partial charge in [-0.3, -0.25) is 4.79 Å². The minimum Gasteiger partial charge on any atom is -0.449 e. The fourth-order valence-corrected chi connectivity index (χ4v) is 4.81. The van der Waals surface area contributed by atoms with Gasteiger partial charge in [0.25, 0.3) is 0 Å². The molecule has 1 atom stereocenters. The second-order valence-electron chi connectivity index (χ2n) is 8.61. The predicted molar refractivity (Wildman–Crippen MR) is 114 cm³/mol. The Morgan fingerprint density at radius 1 is 1.00 bits per heavy atom. The summed E-state index contributed by atoms with van der Waals surface area (Å²) in [6.07, 6.45) is 0.301. The van der Waals surface area contributed by atoms with E-state index in [1.807, 2.05) is 26.0 Å². The van der Waals surface area contributed by atoms with E-state index in [0.717, 1.165) is 33.4 Å². The van der Waals surface area contributed by atoms with Crippen LogP contribution in [0.4, 0.5) is 0 Å². The van der Waals surface area contributed by atoms with Gasteiger partial charge in [-0.25, -0.2) is 0 Å². The zero-order chi connectivity index (χ0) is 21.4. The maximum atomic E-state index is 12.5. The molecule has 1 unspecified atom stereocenters. The summed E-state index contributed by atoms with van der Waals surface area (Å²) in [6.45, 7) is 14.1. The maximum Gasteiger partial charge on any atom is 0.303 e. The van der Waals surface area contributed by atoms with Crippen molar-refractivity contribution in [3.8, 4) is 0 Å². The number of hydrogen-bond acceptors (Lipinski definition) is 4. The van der Waals surface area contributed by atoms with Crippen LogP contribution in [-0.4, -0.2) is 24.5 Å². The first-order chi connectivity index (χ1) is 13.6. The Morgan fingerprint density at radius 2 is 1.45 bits per heavy atom. The van der Waals surface area contributed by atoms with Crippen LogP contribution in [0.15, 0.2) is 36.4 Å². The summed E-state index contributed by atoms with van der Waals surface area (Å²) in [5, 5.41) is 0. The normalized spacial score (nSPS) is 18.7. The molecule has 2 aromatic carbocycles. The first-order valence-corrected chi connectivity index (χ1v) is 10.2. The van der Waals surface area contributed by atoms with Gasteiger partial charge in [-0.1, -0.05) is 36.4 Å². The second kappa shape index (κ2) is 7.92. The lowest BCUT2D eigenvalue weighted by Gasteiger charge is -2.40. The molecule has 156 valence electrons. The Balaban J connectivity index is 2.29. The van der Waals surface area contributed by atoms with Crippen molar-refractivity contribution in [1.82, 2.24) is 0 Å². The summed E-state index contributed by atoms with van der Waals surface area (Å²) < 4.78 is 18.3. The predicted octanol–water partition coefficient (Wildman–Crippen LogP) is 5.27. The minimum absolute atomic E-state index is 0.192. The molecular formula is C25H32O4. The molecule has 4 heteroatoms. The number of hydrogen-bond donors (Lipinski definition) is 0. The second-order valence-corrected chi connectivity index (χ2v) is 8.61. The van der Waals surface area contributed by atoms with Gasteiger partial charge in [-0.2, -0.15) is 0 Å². The number of benzene rings is 2. The summed E-state index contributed by atoms with van der Waals surface area (Å²) in [7, 11) is 0. The van der Waals surface area contributed by atoms with Gasteiger partial charge in [-0.15, -0.1) is 0 Å². The van der Waals surface area contributed by atoms with Crippen LogP contribution >= 0.6 is 0 Å². The molecule has 0 spiro atoms. The Morgan fingerprint density at radius 3 is 1.79 bits per heavy atom. The molecule has 1 aliphatic rings. The van der Waals surface area contributed by atoms with Gasteiger partial charge in [0.2, 0.25) is 0 Å². The van der Waals surface area contributed by atoms with E-state index in [0.29, 0.717) is 13.0 Å². The first kappa shape index (κ1) is 21.5. The monoisotopic (exact) mass is 396 g/mol. The summed E-state index contributed by atoms with van der Waals surface area (Å²) in [5.41, 5.74) is 5.46. The van der Waals surface area contributed by atoms with Crippen LogP contribution in [0.25, 0.3) is 0 Å². The van der Waals surface area contributed by atoms with E-state index < -0.39 is 11.4 Å². The lowest BCUT2D eigenvalue weighted by atomic mass is 9.74. The molecule has 0 N–H and O–H groups in total. The molecule has 0 aliphatic carbocycles. The van der Waals surface area contributed by atoms with Crippen molar-refractivity contribution in [3.63, 3.8) is 0 Å². The van der Waals surface area contributed by atoms with E-state index in [4.69, 9.17) is 14.2 Å². The highest BCUT2D eigenvalue weighted by Crippen LogP contribution is 2.46. The van der Waals surface area contributed by atoms with Crippen molar-refractivity contribution >= 4 is 5.97 Å². The molecule has 2 aromatic rings. The van der Waals surface area contributed by atoms with E-state index in [1.54, 1.807) is 0 Å². The summed E-state index contributed by atoms with van der Waals surface area (Å²) in [4.78, 5) is 12.5. The molecule has 1 heterocycles. The van der Waals surface area contributed by atoms with Gasteiger partial charge in [0, 0.05) is 24.5 Å². The Kier molecular flexibility index (Phi) is 5.88. The van der Waals surface area contributed by atoms with Crippen LogP contribution in [0.3, 0.4) is 0 Å². The number of esters is 1. The van der Waals surface area contributed by atoms with Gasteiger partial charge in [0.1, 0.15) is 0 Å². The van der Waals surface area contributed by atoms with E-state index in [9.17, 15) is 4.79 Å². The largest absolute Gasteiger partial charge is 0.449 e. The summed E-state index contributed by atoms with van der Waals surface area (Å²) in [5.74, 6) is -0.956. The van der Waals surface area contributed by atoms with Crippen LogP contribution in [0, 0.1) is 27.7 Å². The molecular weight excluding hydrogens is 364 g/mol. The minimum atomic E-state index is -0.953. The van der Waals surface area contributed by atoms with Crippen molar-refractivity contribution in [2.75, 3.05) is 6.61 Å². The van der Waals surface area contributed by atoms with Gasteiger partial charge in [-0.05, 0) is 63.8 Å². The molecule has 1 saturated heterocycles. The fraction of sp³-hybridized carbons (Fsp3) is 0.480. The first-order valence-electron chi connectivity index (χ1n) is 10.2. The third-order valence-corrected chi connectivity index (χ3v) is 5.67. The number of carbonyl (C=O) groups excluding carboxylic acids is 1. The topological polar surface area (TPSA) is 44.8 Å². The molecule has 4 nitrogen and oxygen atoms in total. The highest BCUT2D eigenvalue weighted by molar-refractivity contribution is 5.68. The number of aryl methyl sites for hydroxylation is 4. The van der Waals surface area contributed by atoms with E-state index >= 15 is 0 Å². The van der Waals surface area contributed by atoms with Crippen molar-refractivity contribution in [2.45, 2.75) is 72.4 Å². The van der Waals surface area contributed by atoms with E-state index in [1.165, 1.54) is 6.92 Å². The Bertz CT molecular complexity index is 821. The zero-order valence-corrected chi connectivity index (χ0v) is 18.6. The van der Waals surface area contributed by atoms with Crippen LogP contribution in [0.1, 0.15) is 60.6 Å². The van der Waals surface area contributed by atoms with Crippen molar-refractivity contribution in [2.24, 2.45) is 0 Å². The van der Waals surface area contributed by atoms with Crippen LogP contribution in [0.2, 0.25) is 0 Å². The van der Waals surface area contributed by atoms with Crippen LogP contribution < -0.4 is 0 Å². The molecule has 0 saturated carbocycles. The smallest absolute Gasteiger partial charge is 0.303 e. The van der Waals surface area contributed by atoms with E-state index in [-0.39, 0.29) is 12.1 Å². The average molecular weight is 397 g/mol. The van der Waals surface area contributed by atoms with Crippen molar-refractivity contribution < 1.29 is 19.0 Å². The van der Waals surface area contributed by atoms with Gasteiger partial charge in [0.15, 0.2) is 11.4 Å². The van der Waals surface area contributed by atoms with Gasteiger partial charge < -0.3 is 14.2 Å². The average Bonchev–Trinajstić information content (AvgIpc) is 2.92. The van der Waals surface area contributed by atoms with Gasteiger partial charge in [0.05, 0.1) is 12.7 Å². The Labute approximate surface area is 174 Å². The lowest BCUT2D eigenvalue weighted by molar-refractivity contribution is -0.163. The van der Waals surface area contributed by atoms with Crippen LogP contribution in [-0.2, 0) is 24.6 Å². The molecule has 0 amide bonds. The third kappa shape index (κ3) is 4.24. The van der Waals surface area contributed by atoms with Crippen molar-refractivity contribution in [3.05, 3.63) is 69.8 Å². The summed E-state index contributed by atoms with van der Waals surface area (Å²) >= 11 is 0. The van der Waals surface area contributed by atoms with Crippen molar-refractivity contribution in [1.29, 1.82) is 0 Å². The SMILES string of the molecule is CC(=O)OC(CC1COC(C)(C)O1)(c1c(C)cccc1C)c1c(C)cccc1C. The number of rotatable bonds is 5. The van der Waals surface area contributed by atoms with Gasteiger partial charge >= 0.3 is 5.97 Å². The molecule has 0 radical (unpaired) electrons. The maximum absolute atomic E-state index is 12.5. The fourth-order valence-electron chi connectivity index (χ4n) is 4.81. The molecule has 29 heavy (non-hydrogen) atoms. The zero-order valence-electron chi connectivity index (χ0n) is 18.6. The number of carbonyl (C=O) groups is 1. The van der Waals surface area contributed by atoms with Crippen LogP contribution in [0.5, 0.6) is 0 Å². The molecule has 1 fully saturated rings. The molecule has 1 aliphatic heterocycles.